The zero-order valence-corrected chi connectivity index (χ0v) is 13.6. The maximum Gasteiger partial charge on any atom is 0.343 e. The van der Waals surface area contributed by atoms with Crippen LogP contribution in [0.4, 0.5) is 16.4 Å². The predicted molar refractivity (Wildman–Crippen MR) is 87.1 cm³/mol. The molecule has 2 aromatic heterocycles. The van der Waals surface area contributed by atoms with Crippen LogP contribution in [-0.2, 0) is 5.41 Å². The number of nitrogens with one attached hydrogen (secondary N) is 1. The van der Waals surface area contributed by atoms with Crippen molar-refractivity contribution in [1.29, 1.82) is 0 Å². The molecule has 7 heteroatoms. The molecule has 3 heterocycles. The van der Waals surface area contributed by atoms with Gasteiger partial charge in [-0.3, -0.25) is 15.3 Å². The number of carbonyl (C=O) groups excluding carboxylic acids is 1. The third kappa shape index (κ3) is 3.28. The summed E-state index contributed by atoms with van der Waals surface area (Å²) in [6.07, 6.45) is 4.35. The van der Waals surface area contributed by atoms with E-state index in [0.29, 0.717) is 12.4 Å². The lowest BCUT2D eigenvalue weighted by molar-refractivity contribution is 0.217. The summed E-state index contributed by atoms with van der Waals surface area (Å²) in [5.74, 6) is 0.363. The van der Waals surface area contributed by atoms with Gasteiger partial charge in [0, 0.05) is 37.0 Å². The average Bonchev–Trinajstić information content (AvgIpc) is 3.16. The number of rotatable bonds is 2. The fourth-order valence-electron chi connectivity index (χ4n) is 2.46. The van der Waals surface area contributed by atoms with E-state index in [2.05, 4.69) is 15.5 Å². The molecule has 122 valence electrons. The van der Waals surface area contributed by atoms with Crippen LogP contribution in [0.25, 0.3) is 0 Å². The minimum absolute atomic E-state index is 0.122. The van der Waals surface area contributed by atoms with Gasteiger partial charge < -0.3 is 4.52 Å². The number of urea groups is 1. The maximum atomic E-state index is 12.5. The normalized spacial score (nSPS) is 15.1. The van der Waals surface area contributed by atoms with Crippen LogP contribution in [-0.4, -0.2) is 34.3 Å². The van der Waals surface area contributed by atoms with Crippen molar-refractivity contribution >= 4 is 17.6 Å². The molecule has 23 heavy (non-hydrogen) atoms. The fraction of sp³-hybridized carbons (Fsp3) is 0.438. The highest BCUT2D eigenvalue weighted by molar-refractivity contribution is 5.89. The summed E-state index contributed by atoms with van der Waals surface area (Å²) >= 11 is 0. The van der Waals surface area contributed by atoms with Crippen LogP contribution in [0.5, 0.6) is 0 Å². The topological polar surface area (TPSA) is 74.5 Å². The van der Waals surface area contributed by atoms with Crippen LogP contribution in [0.2, 0.25) is 0 Å². The quantitative estimate of drug-likeness (QED) is 0.922. The smallest absolute Gasteiger partial charge is 0.338 e. The molecule has 2 aromatic rings. The van der Waals surface area contributed by atoms with E-state index in [4.69, 9.17) is 4.52 Å². The van der Waals surface area contributed by atoms with Crippen molar-refractivity contribution in [1.82, 2.24) is 15.1 Å². The predicted octanol–water partition coefficient (Wildman–Crippen LogP) is 3.03. The van der Waals surface area contributed by atoms with Gasteiger partial charge in [0.1, 0.15) is 0 Å². The highest BCUT2D eigenvalue weighted by atomic mass is 16.5. The van der Waals surface area contributed by atoms with E-state index in [0.717, 1.165) is 24.3 Å². The van der Waals surface area contributed by atoms with E-state index < -0.39 is 0 Å². The SMILES string of the molecule is CC(C)(C)c1cc(NC(=O)N2CCCN2c2ccncc2)on1. The van der Waals surface area contributed by atoms with Gasteiger partial charge in [0.2, 0.25) is 5.88 Å². The second-order valence-electron chi connectivity index (χ2n) is 6.56. The maximum absolute atomic E-state index is 12.5. The largest absolute Gasteiger partial charge is 0.343 e. The minimum Gasteiger partial charge on any atom is -0.338 e. The van der Waals surface area contributed by atoms with Crippen molar-refractivity contribution in [2.24, 2.45) is 0 Å². The number of hydrogen-bond donors (Lipinski definition) is 1. The van der Waals surface area contributed by atoms with Crippen molar-refractivity contribution in [2.75, 3.05) is 23.4 Å². The molecule has 0 bridgehead atoms. The van der Waals surface area contributed by atoms with E-state index in [-0.39, 0.29) is 11.4 Å². The Morgan fingerprint density at radius 2 is 2.00 bits per heavy atom. The molecule has 1 fully saturated rings. The Hall–Kier alpha value is -2.57. The van der Waals surface area contributed by atoms with E-state index in [9.17, 15) is 4.79 Å². The van der Waals surface area contributed by atoms with Crippen molar-refractivity contribution in [2.45, 2.75) is 32.6 Å². The standard InChI is InChI=1S/C16H21N5O2/c1-16(2,3)13-11-14(23-19-13)18-15(22)21-10-4-9-20(21)12-5-7-17-8-6-12/h5-8,11H,4,9-10H2,1-3H3,(H,18,22). The van der Waals surface area contributed by atoms with Crippen LogP contribution in [0, 0.1) is 0 Å². The summed E-state index contributed by atoms with van der Waals surface area (Å²) in [4.78, 5) is 16.5. The number of aromatic nitrogens is 2. The van der Waals surface area contributed by atoms with Crippen LogP contribution in [0.3, 0.4) is 0 Å². The first-order valence-corrected chi connectivity index (χ1v) is 7.68. The Labute approximate surface area is 135 Å². The van der Waals surface area contributed by atoms with Crippen LogP contribution >= 0.6 is 0 Å². The Morgan fingerprint density at radius 3 is 2.65 bits per heavy atom. The van der Waals surface area contributed by atoms with Gasteiger partial charge in [0.05, 0.1) is 11.4 Å². The number of hydrogen-bond acceptors (Lipinski definition) is 5. The molecule has 0 atom stereocenters. The van der Waals surface area contributed by atoms with E-state index in [1.165, 1.54) is 0 Å². The van der Waals surface area contributed by atoms with Crippen molar-refractivity contribution < 1.29 is 9.32 Å². The monoisotopic (exact) mass is 315 g/mol. The first kappa shape index (κ1) is 15.3. The van der Waals surface area contributed by atoms with Crippen molar-refractivity contribution in [3.63, 3.8) is 0 Å². The lowest BCUT2D eigenvalue weighted by Gasteiger charge is -2.29. The third-order valence-electron chi connectivity index (χ3n) is 3.74. The summed E-state index contributed by atoms with van der Waals surface area (Å²) in [6.45, 7) is 7.59. The second-order valence-corrected chi connectivity index (χ2v) is 6.56. The number of amides is 2. The molecule has 0 spiro atoms. The number of hydrazine groups is 1. The van der Waals surface area contributed by atoms with Gasteiger partial charge in [0.15, 0.2) is 0 Å². The van der Waals surface area contributed by atoms with E-state index >= 15 is 0 Å². The molecule has 1 N–H and O–H groups in total. The van der Waals surface area contributed by atoms with Crippen LogP contribution < -0.4 is 10.3 Å². The molecule has 1 saturated heterocycles. The average molecular weight is 315 g/mol. The summed E-state index contributed by atoms with van der Waals surface area (Å²) in [5.41, 5.74) is 1.63. The molecule has 0 aromatic carbocycles. The van der Waals surface area contributed by atoms with Crippen molar-refractivity contribution in [3.05, 3.63) is 36.3 Å². The Bertz CT molecular complexity index is 677. The molecular weight excluding hydrogens is 294 g/mol. The number of pyridine rings is 1. The van der Waals surface area contributed by atoms with E-state index in [1.807, 2.05) is 37.9 Å². The Balaban J connectivity index is 1.71. The number of anilines is 2. The first-order valence-electron chi connectivity index (χ1n) is 7.68. The summed E-state index contributed by atoms with van der Waals surface area (Å²) in [5, 5.41) is 10.4. The molecule has 0 aliphatic carbocycles. The zero-order valence-electron chi connectivity index (χ0n) is 13.6. The molecule has 1 aliphatic heterocycles. The highest BCUT2D eigenvalue weighted by Gasteiger charge is 2.28. The third-order valence-corrected chi connectivity index (χ3v) is 3.74. The summed E-state index contributed by atoms with van der Waals surface area (Å²) in [6, 6.07) is 5.32. The highest BCUT2D eigenvalue weighted by Crippen LogP contribution is 2.25. The van der Waals surface area contributed by atoms with E-state index in [1.54, 1.807) is 23.5 Å². The number of nitrogens with zero attached hydrogens (tertiary/aromatic N) is 4. The summed E-state index contributed by atoms with van der Waals surface area (Å²) < 4.78 is 5.23. The Morgan fingerprint density at radius 1 is 1.26 bits per heavy atom. The van der Waals surface area contributed by atoms with Gasteiger partial charge in [-0.15, -0.1) is 0 Å². The van der Waals surface area contributed by atoms with Gasteiger partial charge in [-0.25, -0.2) is 9.80 Å². The zero-order chi connectivity index (χ0) is 16.4. The van der Waals surface area contributed by atoms with Gasteiger partial charge >= 0.3 is 6.03 Å². The van der Waals surface area contributed by atoms with Gasteiger partial charge in [-0.1, -0.05) is 25.9 Å². The summed E-state index contributed by atoms with van der Waals surface area (Å²) in [7, 11) is 0. The lowest BCUT2D eigenvalue weighted by atomic mass is 9.92. The van der Waals surface area contributed by atoms with Gasteiger partial charge in [-0.05, 0) is 18.6 Å². The fourth-order valence-corrected chi connectivity index (χ4v) is 2.46. The number of carbonyl (C=O) groups is 1. The molecule has 0 unspecified atom stereocenters. The molecule has 2 amide bonds. The minimum atomic E-state index is -0.226. The molecule has 0 saturated carbocycles. The van der Waals surface area contributed by atoms with Crippen LogP contribution in [0.15, 0.2) is 35.1 Å². The molecule has 1 aliphatic rings. The van der Waals surface area contributed by atoms with Crippen molar-refractivity contribution in [3.8, 4) is 0 Å². The van der Waals surface area contributed by atoms with Crippen LogP contribution in [0.1, 0.15) is 32.9 Å². The Kier molecular flexibility index (Phi) is 3.94. The molecule has 7 nitrogen and oxygen atoms in total. The van der Waals surface area contributed by atoms with Gasteiger partial charge in [-0.2, -0.15) is 0 Å². The first-order chi connectivity index (χ1) is 10.9. The second kappa shape index (κ2) is 5.91. The van der Waals surface area contributed by atoms with Gasteiger partial charge in [0.25, 0.3) is 0 Å². The lowest BCUT2D eigenvalue weighted by Crippen LogP contribution is -2.43. The molecule has 0 radical (unpaired) electrons. The molecular formula is C16H21N5O2. The molecule has 3 rings (SSSR count).